The third-order valence-corrected chi connectivity index (χ3v) is 4.44. The standard InChI is InChI=1S/C20H20N2O2/c23-15-18-11-12-19(24-18)20-21(16-7-3-1-4-8-16)13-14-22(20)17-9-5-2-6-10-17/h1-12,20,23H,13-15H2. The van der Waals surface area contributed by atoms with Crippen molar-refractivity contribution < 1.29 is 9.52 Å². The highest BCUT2D eigenvalue weighted by atomic mass is 16.4. The lowest BCUT2D eigenvalue weighted by Crippen LogP contribution is -2.30. The van der Waals surface area contributed by atoms with Gasteiger partial charge in [0.05, 0.1) is 0 Å². The molecule has 0 spiro atoms. The van der Waals surface area contributed by atoms with Gasteiger partial charge in [-0.05, 0) is 36.4 Å². The van der Waals surface area contributed by atoms with Crippen LogP contribution in [0.5, 0.6) is 0 Å². The normalized spacial score (nSPS) is 15.2. The first-order chi connectivity index (χ1) is 11.9. The molecule has 0 saturated carbocycles. The molecule has 4 rings (SSSR count). The number of para-hydroxylation sites is 2. The minimum Gasteiger partial charge on any atom is -0.459 e. The van der Waals surface area contributed by atoms with Crippen molar-refractivity contribution in [3.63, 3.8) is 0 Å². The van der Waals surface area contributed by atoms with Crippen LogP contribution >= 0.6 is 0 Å². The molecule has 1 N–H and O–H groups in total. The Hall–Kier alpha value is -2.72. The largest absolute Gasteiger partial charge is 0.459 e. The Morgan fingerprint density at radius 1 is 0.792 bits per heavy atom. The van der Waals surface area contributed by atoms with E-state index in [9.17, 15) is 5.11 Å². The molecule has 2 aromatic carbocycles. The lowest BCUT2D eigenvalue weighted by molar-refractivity contribution is 0.241. The minimum absolute atomic E-state index is 0.0184. The van der Waals surface area contributed by atoms with Gasteiger partial charge in [0.2, 0.25) is 0 Å². The zero-order chi connectivity index (χ0) is 16.4. The minimum atomic E-state index is -0.0800. The zero-order valence-electron chi connectivity index (χ0n) is 13.4. The molecule has 4 heteroatoms. The molecule has 24 heavy (non-hydrogen) atoms. The summed E-state index contributed by atoms with van der Waals surface area (Å²) in [5, 5.41) is 9.34. The van der Waals surface area contributed by atoms with E-state index in [1.165, 1.54) is 11.4 Å². The first-order valence-electron chi connectivity index (χ1n) is 8.19. The summed E-state index contributed by atoms with van der Waals surface area (Å²) in [6.07, 6.45) is -0.0184. The topological polar surface area (TPSA) is 39.9 Å². The summed E-state index contributed by atoms with van der Waals surface area (Å²) in [5.74, 6) is 1.45. The number of hydrogen-bond acceptors (Lipinski definition) is 4. The van der Waals surface area contributed by atoms with Crippen molar-refractivity contribution in [1.82, 2.24) is 0 Å². The molecular formula is C20H20N2O2. The van der Waals surface area contributed by atoms with E-state index in [-0.39, 0.29) is 12.8 Å². The van der Waals surface area contributed by atoms with E-state index in [0.717, 1.165) is 18.8 Å². The van der Waals surface area contributed by atoms with Gasteiger partial charge in [-0.3, -0.25) is 0 Å². The van der Waals surface area contributed by atoms with Gasteiger partial charge in [0, 0.05) is 24.5 Å². The van der Waals surface area contributed by atoms with Crippen molar-refractivity contribution in [3.05, 3.63) is 84.3 Å². The second-order valence-corrected chi connectivity index (χ2v) is 5.89. The van der Waals surface area contributed by atoms with E-state index in [4.69, 9.17) is 4.42 Å². The number of aliphatic hydroxyl groups excluding tert-OH is 1. The van der Waals surface area contributed by atoms with Crippen LogP contribution in [0.1, 0.15) is 17.7 Å². The summed E-state index contributed by atoms with van der Waals surface area (Å²) in [6.45, 7) is 1.75. The van der Waals surface area contributed by atoms with Crippen LogP contribution in [0.25, 0.3) is 0 Å². The predicted octanol–water partition coefficient (Wildman–Crippen LogP) is 3.80. The number of hydrogen-bond donors (Lipinski definition) is 1. The van der Waals surface area contributed by atoms with Crippen molar-refractivity contribution >= 4 is 11.4 Å². The van der Waals surface area contributed by atoms with E-state index in [1.54, 1.807) is 0 Å². The molecule has 1 fully saturated rings. The lowest BCUT2D eigenvalue weighted by atomic mass is 10.2. The molecule has 1 aromatic heterocycles. The molecule has 0 aliphatic carbocycles. The molecule has 0 bridgehead atoms. The van der Waals surface area contributed by atoms with E-state index in [0.29, 0.717) is 5.76 Å². The molecule has 4 nitrogen and oxygen atoms in total. The summed E-state index contributed by atoms with van der Waals surface area (Å²) in [5.41, 5.74) is 2.34. The van der Waals surface area contributed by atoms with Crippen LogP contribution in [0.3, 0.4) is 0 Å². The highest BCUT2D eigenvalue weighted by molar-refractivity contribution is 5.58. The van der Waals surface area contributed by atoms with Crippen molar-refractivity contribution in [2.45, 2.75) is 12.8 Å². The second kappa shape index (κ2) is 6.42. The van der Waals surface area contributed by atoms with Gasteiger partial charge in [0.15, 0.2) is 6.17 Å². The fraction of sp³-hybridized carbons (Fsp3) is 0.200. The zero-order valence-corrected chi connectivity index (χ0v) is 13.4. The van der Waals surface area contributed by atoms with Crippen LogP contribution in [-0.2, 0) is 6.61 Å². The van der Waals surface area contributed by atoms with E-state index in [1.807, 2.05) is 24.3 Å². The average molecular weight is 320 g/mol. The van der Waals surface area contributed by atoms with Gasteiger partial charge < -0.3 is 19.3 Å². The molecule has 3 aromatic rings. The van der Waals surface area contributed by atoms with Crippen molar-refractivity contribution in [3.8, 4) is 0 Å². The van der Waals surface area contributed by atoms with Gasteiger partial charge >= 0.3 is 0 Å². The molecule has 0 amide bonds. The van der Waals surface area contributed by atoms with Crippen molar-refractivity contribution in [1.29, 1.82) is 0 Å². The monoisotopic (exact) mass is 320 g/mol. The van der Waals surface area contributed by atoms with Gasteiger partial charge in [0.25, 0.3) is 0 Å². The van der Waals surface area contributed by atoms with E-state index >= 15 is 0 Å². The summed E-state index contributed by atoms with van der Waals surface area (Å²) < 4.78 is 5.89. The maximum absolute atomic E-state index is 9.34. The molecule has 1 aliphatic rings. The van der Waals surface area contributed by atoms with Gasteiger partial charge in [-0.2, -0.15) is 0 Å². The first kappa shape index (κ1) is 14.8. The quantitative estimate of drug-likeness (QED) is 0.794. The Morgan fingerprint density at radius 3 is 1.79 bits per heavy atom. The van der Waals surface area contributed by atoms with Gasteiger partial charge in [0.1, 0.15) is 18.1 Å². The maximum Gasteiger partial charge on any atom is 0.162 e. The summed E-state index contributed by atoms with van der Waals surface area (Å²) >= 11 is 0. The van der Waals surface area contributed by atoms with Gasteiger partial charge in [-0.15, -0.1) is 0 Å². The van der Waals surface area contributed by atoms with Crippen LogP contribution in [0.2, 0.25) is 0 Å². The number of aliphatic hydroxyl groups is 1. The second-order valence-electron chi connectivity index (χ2n) is 5.89. The number of nitrogens with zero attached hydrogens (tertiary/aromatic N) is 2. The van der Waals surface area contributed by atoms with Crippen molar-refractivity contribution in [2.24, 2.45) is 0 Å². The fourth-order valence-electron chi connectivity index (χ4n) is 3.33. The molecule has 122 valence electrons. The third kappa shape index (κ3) is 2.65. The van der Waals surface area contributed by atoms with E-state index in [2.05, 4.69) is 58.3 Å². The average Bonchev–Trinajstić information content (AvgIpc) is 3.29. The smallest absolute Gasteiger partial charge is 0.162 e. The van der Waals surface area contributed by atoms with Gasteiger partial charge in [-0.1, -0.05) is 36.4 Å². The summed E-state index contributed by atoms with van der Waals surface area (Å²) in [6, 6.07) is 24.6. The number of benzene rings is 2. The Kier molecular flexibility index (Phi) is 3.97. The SMILES string of the molecule is OCc1ccc(C2N(c3ccccc3)CCN2c2ccccc2)o1. The molecule has 0 unspecified atom stereocenters. The molecule has 2 heterocycles. The van der Waals surface area contributed by atoms with Crippen LogP contribution in [0, 0.1) is 0 Å². The lowest BCUT2D eigenvalue weighted by Gasteiger charge is -2.31. The number of anilines is 2. The fourth-order valence-corrected chi connectivity index (χ4v) is 3.33. The Morgan fingerprint density at radius 2 is 1.33 bits per heavy atom. The number of furan rings is 1. The summed E-state index contributed by atoms with van der Waals surface area (Å²) in [7, 11) is 0. The first-order valence-corrected chi connectivity index (χ1v) is 8.19. The van der Waals surface area contributed by atoms with Crippen LogP contribution in [0.15, 0.2) is 77.2 Å². The van der Waals surface area contributed by atoms with Gasteiger partial charge in [-0.25, -0.2) is 0 Å². The van der Waals surface area contributed by atoms with Crippen LogP contribution in [-0.4, -0.2) is 18.2 Å². The molecule has 1 aliphatic heterocycles. The van der Waals surface area contributed by atoms with Crippen LogP contribution in [0.4, 0.5) is 11.4 Å². The molecule has 0 atom stereocenters. The third-order valence-electron chi connectivity index (χ3n) is 4.44. The highest BCUT2D eigenvalue weighted by Gasteiger charge is 2.35. The van der Waals surface area contributed by atoms with Crippen molar-refractivity contribution in [2.75, 3.05) is 22.9 Å². The highest BCUT2D eigenvalue weighted by Crippen LogP contribution is 2.38. The molecule has 0 radical (unpaired) electrons. The molecular weight excluding hydrogens is 300 g/mol. The van der Waals surface area contributed by atoms with Crippen LogP contribution < -0.4 is 9.80 Å². The van der Waals surface area contributed by atoms with E-state index < -0.39 is 0 Å². The number of rotatable bonds is 4. The Labute approximate surface area is 141 Å². The predicted molar refractivity (Wildman–Crippen MR) is 94.9 cm³/mol. The summed E-state index contributed by atoms with van der Waals surface area (Å²) in [4.78, 5) is 4.68. The molecule has 1 saturated heterocycles. The maximum atomic E-state index is 9.34. The Balaban J connectivity index is 1.75. The Bertz CT molecular complexity index is 738.